The molecular formula is C14H21-. The Morgan fingerprint density at radius 3 is 2.71 bits per heavy atom. The van der Waals surface area contributed by atoms with Crippen LogP contribution in [0.1, 0.15) is 40.5 Å². The first kappa shape index (κ1) is 11.3. The van der Waals surface area contributed by atoms with Crippen LogP contribution in [0.2, 0.25) is 0 Å². The van der Waals surface area contributed by atoms with Gasteiger partial charge in [0.15, 0.2) is 0 Å². The largest absolute Gasteiger partial charge is 0.290 e. The SMILES string of the molecule is [CH-]=C(C)/C=C/C1C(C)=CCCC1(C)C. The summed E-state index contributed by atoms with van der Waals surface area (Å²) in [5.74, 6) is 0.551. The zero-order valence-electron chi connectivity index (χ0n) is 9.80. The zero-order valence-corrected chi connectivity index (χ0v) is 9.80. The highest BCUT2D eigenvalue weighted by Gasteiger charge is 2.29. The van der Waals surface area contributed by atoms with Gasteiger partial charge in [-0.3, -0.25) is 6.58 Å². The van der Waals surface area contributed by atoms with Crippen molar-refractivity contribution >= 4 is 0 Å². The Morgan fingerprint density at radius 2 is 2.21 bits per heavy atom. The Labute approximate surface area is 88.4 Å². The van der Waals surface area contributed by atoms with E-state index in [9.17, 15) is 0 Å². The van der Waals surface area contributed by atoms with E-state index in [0.717, 1.165) is 5.57 Å². The molecule has 1 rings (SSSR count). The highest BCUT2D eigenvalue weighted by atomic mass is 14.3. The predicted molar refractivity (Wildman–Crippen MR) is 62.9 cm³/mol. The molecule has 0 fully saturated rings. The Balaban J connectivity index is 2.86. The molecule has 0 saturated carbocycles. The molecule has 1 atom stereocenters. The van der Waals surface area contributed by atoms with E-state index >= 15 is 0 Å². The Morgan fingerprint density at radius 1 is 1.57 bits per heavy atom. The molecule has 0 heteroatoms. The molecule has 0 aromatic rings. The van der Waals surface area contributed by atoms with Crippen molar-refractivity contribution in [3.8, 4) is 0 Å². The van der Waals surface area contributed by atoms with Crippen molar-refractivity contribution in [2.75, 3.05) is 0 Å². The minimum Gasteiger partial charge on any atom is -0.290 e. The van der Waals surface area contributed by atoms with Crippen LogP contribution in [0.3, 0.4) is 0 Å². The lowest BCUT2D eigenvalue weighted by Gasteiger charge is -2.37. The van der Waals surface area contributed by atoms with Crippen LogP contribution >= 0.6 is 0 Å². The lowest BCUT2D eigenvalue weighted by atomic mass is 9.68. The molecule has 0 aromatic carbocycles. The Hall–Kier alpha value is -0.780. The van der Waals surface area contributed by atoms with E-state index in [1.807, 2.05) is 13.0 Å². The van der Waals surface area contributed by atoms with Gasteiger partial charge >= 0.3 is 0 Å². The predicted octanol–water partition coefficient (Wildman–Crippen LogP) is 4.30. The van der Waals surface area contributed by atoms with E-state index < -0.39 is 0 Å². The Kier molecular flexibility index (Phi) is 3.36. The monoisotopic (exact) mass is 189 g/mol. The van der Waals surface area contributed by atoms with Crippen LogP contribution < -0.4 is 0 Å². The molecule has 0 saturated heterocycles. The quantitative estimate of drug-likeness (QED) is 0.345. The van der Waals surface area contributed by atoms with Crippen LogP contribution in [0, 0.1) is 17.9 Å². The first-order valence-electron chi connectivity index (χ1n) is 5.37. The molecule has 0 aromatic heterocycles. The minimum absolute atomic E-state index is 0.380. The molecule has 1 aliphatic rings. The van der Waals surface area contributed by atoms with Crippen molar-refractivity contribution in [3.05, 3.63) is 36.0 Å². The fourth-order valence-corrected chi connectivity index (χ4v) is 2.23. The molecule has 1 aliphatic carbocycles. The van der Waals surface area contributed by atoms with Gasteiger partial charge in [-0.25, -0.2) is 11.6 Å². The van der Waals surface area contributed by atoms with Gasteiger partial charge in [-0.2, -0.15) is 6.08 Å². The van der Waals surface area contributed by atoms with Crippen molar-refractivity contribution in [3.63, 3.8) is 0 Å². The third-order valence-electron chi connectivity index (χ3n) is 3.14. The highest BCUT2D eigenvalue weighted by molar-refractivity contribution is 5.22. The van der Waals surface area contributed by atoms with E-state index in [1.54, 1.807) is 0 Å². The standard InChI is InChI=1S/C14H21/c1-11(2)8-9-13-12(3)7-6-10-14(13,4)5/h1,7-9,13H,6,10H2,2-5H3/q-1/b9-8+. The average molecular weight is 189 g/mol. The number of hydrogen-bond acceptors (Lipinski definition) is 0. The maximum atomic E-state index is 5.65. The van der Waals surface area contributed by atoms with Gasteiger partial charge in [-0.1, -0.05) is 32.4 Å². The second-order valence-electron chi connectivity index (χ2n) is 5.06. The molecule has 0 aliphatic heterocycles. The van der Waals surface area contributed by atoms with Crippen molar-refractivity contribution in [2.45, 2.75) is 40.5 Å². The maximum Gasteiger partial charge on any atom is -0.0133 e. The lowest BCUT2D eigenvalue weighted by Crippen LogP contribution is -2.26. The molecule has 0 amide bonds. The molecule has 0 N–H and O–H groups in total. The van der Waals surface area contributed by atoms with Crippen LogP contribution in [0.15, 0.2) is 29.4 Å². The summed E-state index contributed by atoms with van der Waals surface area (Å²) in [7, 11) is 0. The van der Waals surface area contributed by atoms with Crippen LogP contribution in [0.4, 0.5) is 0 Å². The normalized spacial score (nSPS) is 26.3. The van der Waals surface area contributed by atoms with E-state index in [4.69, 9.17) is 6.58 Å². The third-order valence-corrected chi connectivity index (χ3v) is 3.14. The first-order chi connectivity index (χ1) is 6.43. The average Bonchev–Trinajstić information content (AvgIpc) is 2.01. The molecule has 14 heavy (non-hydrogen) atoms. The van der Waals surface area contributed by atoms with E-state index in [1.165, 1.54) is 18.4 Å². The molecule has 78 valence electrons. The molecule has 0 bridgehead atoms. The summed E-state index contributed by atoms with van der Waals surface area (Å²) in [6, 6.07) is 0. The van der Waals surface area contributed by atoms with Crippen molar-refractivity contribution in [2.24, 2.45) is 11.3 Å². The van der Waals surface area contributed by atoms with Gasteiger partial charge in [0.2, 0.25) is 0 Å². The molecule has 0 nitrogen and oxygen atoms in total. The van der Waals surface area contributed by atoms with Gasteiger partial charge in [-0.15, -0.1) is 0 Å². The van der Waals surface area contributed by atoms with Crippen molar-refractivity contribution in [1.82, 2.24) is 0 Å². The summed E-state index contributed by atoms with van der Waals surface area (Å²) in [5, 5.41) is 0. The van der Waals surface area contributed by atoms with E-state index in [0.29, 0.717) is 11.3 Å². The molecule has 0 heterocycles. The first-order valence-corrected chi connectivity index (χ1v) is 5.37. The van der Waals surface area contributed by atoms with Crippen molar-refractivity contribution in [1.29, 1.82) is 0 Å². The van der Waals surface area contributed by atoms with Gasteiger partial charge in [0.1, 0.15) is 0 Å². The summed E-state index contributed by atoms with van der Waals surface area (Å²) in [4.78, 5) is 0. The van der Waals surface area contributed by atoms with Crippen molar-refractivity contribution < 1.29 is 0 Å². The second kappa shape index (κ2) is 4.16. The van der Waals surface area contributed by atoms with E-state index in [2.05, 4.69) is 32.9 Å². The summed E-state index contributed by atoms with van der Waals surface area (Å²) in [6.07, 6.45) is 9.12. The second-order valence-corrected chi connectivity index (χ2v) is 5.06. The van der Waals surface area contributed by atoms with Crippen LogP contribution in [-0.4, -0.2) is 0 Å². The van der Waals surface area contributed by atoms with Crippen LogP contribution in [-0.2, 0) is 0 Å². The molecule has 0 radical (unpaired) electrons. The highest BCUT2D eigenvalue weighted by Crippen LogP contribution is 2.41. The smallest absolute Gasteiger partial charge is 0.0133 e. The van der Waals surface area contributed by atoms with Crippen LogP contribution in [0.25, 0.3) is 0 Å². The fourth-order valence-electron chi connectivity index (χ4n) is 2.23. The number of rotatable bonds is 2. The molecule has 0 spiro atoms. The summed E-state index contributed by atoms with van der Waals surface area (Å²) in [6.45, 7) is 14.5. The molecule has 1 unspecified atom stereocenters. The topological polar surface area (TPSA) is 0 Å². The maximum absolute atomic E-state index is 5.65. The Bertz CT molecular complexity index is 276. The van der Waals surface area contributed by atoms with Crippen LogP contribution in [0.5, 0.6) is 0 Å². The fraction of sp³-hybridized carbons (Fsp3) is 0.571. The third kappa shape index (κ3) is 2.60. The summed E-state index contributed by atoms with van der Waals surface area (Å²) in [5.41, 5.74) is 2.75. The van der Waals surface area contributed by atoms with Gasteiger partial charge in [0.05, 0.1) is 0 Å². The number of allylic oxidation sites excluding steroid dienone is 5. The zero-order chi connectivity index (χ0) is 10.8. The lowest BCUT2D eigenvalue weighted by molar-refractivity contribution is 0.255. The van der Waals surface area contributed by atoms with Gasteiger partial charge in [-0.05, 0) is 31.1 Å². The summed E-state index contributed by atoms with van der Waals surface area (Å²) < 4.78 is 0. The summed E-state index contributed by atoms with van der Waals surface area (Å²) >= 11 is 0. The van der Waals surface area contributed by atoms with Gasteiger partial charge in [0.25, 0.3) is 0 Å². The number of hydrogen-bond donors (Lipinski definition) is 0. The molecular weight excluding hydrogens is 168 g/mol. The minimum atomic E-state index is 0.380. The van der Waals surface area contributed by atoms with Gasteiger partial charge < -0.3 is 0 Å². The van der Waals surface area contributed by atoms with E-state index in [-0.39, 0.29) is 0 Å². The van der Waals surface area contributed by atoms with Gasteiger partial charge in [0, 0.05) is 0 Å².